The van der Waals surface area contributed by atoms with Gasteiger partial charge in [0.15, 0.2) is 17.4 Å². The average molecular weight is 540 g/mol. The highest BCUT2D eigenvalue weighted by molar-refractivity contribution is 6.46. The van der Waals surface area contributed by atoms with Gasteiger partial charge in [-0.05, 0) is 74.3 Å². The molecule has 1 unspecified atom stereocenters. The van der Waals surface area contributed by atoms with Crippen molar-refractivity contribution in [3.63, 3.8) is 0 Å². The van der Waals surface area contributed by atoms with E-state index in [1.807, 2.05) is 17.0 Å². The molecular formula is C29H31F2N3O5. The molecule has 0 bridgehead atoms. The number of aliphatic imine (C=N–C) groups is 1. The number of nitrogens with one attached hydrogen (secondary N) is 1. The zero-order valence-corrected chi connectivity index (χ0v) is 21.7. The quantitative estimate of drug-likeness (QED) is 0.484. The van der Waals surface area contributed by atoms with E-state index in [9.17, 15) is 23.2 Å². The van der Waals surface area contributed by atoms with Crippen LogP contribution in [0, 0.1) is 17.6 Å². The Morgan fingerprint density at radius 1 is 1.13 bits per heavy atom. The lowest BCUT2D eigenvalue weighted by atomic mass is 9.86. The van der Waals surface area contributed by atoms with E-state index in [0.717, 1.165) is 49.8 Å². The Labute approximate surface area is 225 Å². The number of aliphatic carboxylic acids is 1. The first kappa shape index (κ1) is 26.8. The molecule has 1 spiro atoms. The first-order valence-electron chi connectivity index (χ1n) is 13.3. The summed E-state index contributed by atoms with van der Waals surface area (Å²) < 4.78 is 34.0. The molecule has 2 N–H and O–H groups in total. The van der Waals surface area contributed by atoms with Crippen LogP contribution in [0.1, 0.15) is 78.9 Å². The third-order valence-corrected chi connectivity index (χ3v) is 7.81. The largest absolute Gasteiger partial charge is 0.491 e. The molecule has 206 valence electrons. The summed E-state index contributed by atoms with van der Waals surface area (Å²) in [4.78, 5) is 44.0. The fraction of sp³-hybridized carbons (Fsp3) is 0.448. The summed E-state index contributed by atoms with van der Waals surface area (Å²) in [6.07, 6.45) is 5.83. The molecule has 0 saturated heterocycles. The number of hydrogen-bond acceptors (Lipinski definition) is 5. The van der Waals surface area contributed by atoms with Crippen LogP contribution < -0.4 is 10.1 Å². The zero-order valence-electron chi connectivity index (χ0n) is 21.7. The second-order valence-corrected chi connectivity index (χ2v) is 10.5. The topological polar surface area (TPSA) is 108 Å². The fourth-order valence-corrected chi connectivity index (χ4v) is 5.81. The average Bonchev–Trinajstić information content (AvgIpc) is 3.71. The summed E-state index contributed by atoms with van der Waals surface area (Å²) in [5.41, 5.74) is 0.600. The molecule has 5 rings (SSSR count). The second-order valence-electron chi connectivity index (χ2n) is 10.5. The lowest BCUT2D eigenvalue weighted by Crippen LogP contribution is -2.50. The summed E-state index contributed by atoms with van der Waals surface area (Å²) in [6, 6.07) is 8.89. The number of nitrogens with zero attached hydrogens (tertiary/aromatic N) is 2. The summed E-state index contributed by atoms with van der Waals surface area (Å²) in [7, 11) is 1.18. The number of hydrogen-bond donors (Lipinski definition) is 2. The highest BCUT2D eigenvalue weighted by Gasteiger charge is 2.54. The predicted octanol–water partition coefficient (Wildman–Crippen LogP) is 4.62. The van der Waals surface area contributed by atoms with Crippen molar-refractivity contribution in [1.29, 1.82) is 0 Å². The maximum absolute atomic E-state index is 14.6. The van der Waals surface area contributed by atoms with Gasteiger partial charge in [0.2, 0.25) is 0 Å². The number of carbonyl (C=O) groups excluding carboxylic acids is 2. The van der Waals surface area contributed by atoms with Crippen LogP contribution in [-0.2, 0) is 9.59 Å². The van der Waals surface area contributed by atoms with E-state index in [0.29, 0.717) is 18.4 Å². The molecule has 1 aliphatic heterocycles. The normalized spacial score (nSPS) is 19.1. The van der Waals surface area contributed by atoms with Crippen LogP contribution >= 0.6 is 0 Å². The number of methoxy groups -OCH3 is 1. The molecule has 8 nitrogen and oxygen atoms in total. The van der Waals surface area contributed by atoms with Gasteiger partial charge in [-0.15, -0.1) is 0 Å². The van der Waals surface area contributed by atoms with Gasteiger partial charge in [0.25, 0.3) is 11.8 Å². The van der Waals surface area contributed by atoms with Crippen molar-refractivity contribution in [1.82, 2.24) is 10.2 Å². The van der Waals surface area contributed by atoms with Crippen molar-refractivity contribution in [2.45, 2.75) is 63.1 Å². The molecule has 39 heavy (non-hydrogen) atoms. The highest BCUT2D eigenvalue weighted by atomic mass is 19.1. The summed E-state index contributed by atoms with van der Waals surface area (Å²) >= 11 is 0. The lowest BCUT2D eigenvalue weighted by molar-refractivity contribution is -0.137. The third kappa shape index (κ3) is 5.24. The van der Waals surface area contributed by atoms with E-state index >= 15 is 0 Å². The number of benzene rings is 2. The number of carboxylic acid groups (broad SMARTS) is 1. The van der Waals surface area contributed by atoms with E-state index in [1.54, 1.807) is 12.1 Å². The highest BCUT2D eigenvalue weighted by Crippen LogP contribution is 2.52. The van der Waals surface area contributed by atoms with Gasteiger partial charge >= 0.3 is 5.97 Å². The van der Waals surface area contributed by atoms with E-state index in [-0.39, 0.29) is 48.0 Å². The molecule has 2 amide bonds. The Kier molecular flexibility index (Phi) is 7.38. The summed E-state index contributed by atoms with van der Waals surface area (Å²) in [5.74, 6) is -3.80. The van der Waals surface area contributed by atoms with Crippen molar-refractivity contribution in [2.75, 3.05) is 13.7 Å². The van der Waals surface area contributed by atoms with Crippen LogP contribution in [0.4, 0.5) is 8.78 Å². The number of ether oxygens (including phenoxy) is 1. The second kappa shape index (κ2) is 10.7. The number of carbonyl (C=O) groups is 3. The predicted molar refractivity (Wildman–Crippen MR) is 139 cm³/mol. The summed E-state index contributed by atoms with van der Waals surface area (Å²) in [5, 5.41) is 11.4. The van der Waals surface area contributed by atoms with Crippen LogP contribution in [0.2, 0.25) is 0 Å². The van der Waals surface area contributed by atoms with Crippen LogP contribution in [0.5, 0.6) is 5.75 Å². The van der Waals surface area contributed by atoms with Crippen molar-refractivity contribution in [3.8, 4) is 5.75 Å². The van der Waals surface area contributed by atoms with Gasteiger partial charge in [-0.3, -0.25) is 19.4 Å². The Hall–Kier alpha value is -3.82. The van der Waals surface area contributed by atoms with Crippen molar-refractivity contribution >= 4 is 23.5 Å². The molecule has 2 fully saturated rings. The molecule has 3 aliphatic rings. The molecule has 0 radical (unpaired) electrons. The zero-order chi connectivity index (χ0) is 27.7. The SMILES string of the molecule is COc1c(F)cc(C2=NC3(CCCCC3)N(C(c3ccc(C(=O)NCCC(=O)O)cc3)C3CC3)C2=O)cc1F. The van der Waals surface area contributed by atoms with Crippen molar-refractivity contribution < 1.29 is 33.0 Å². The van der Waals surface area contributed by atoms with E-state index < -0.39 is 29.0 Å². The number of rotatable bonds is 9. The molecule has 2 aliphatic carbocycles. The van der Waals surface area contributed by atoms with Crippen LogP contribution in [-0.4, -0.2) is 52.8 Å². The number of amides is 2. The minimum atomic E-state index is -0.994. The minimum Gasteiger partial charge on any atom is -0.491 e. The van der Waals surface area contributed by atoms with E-state index in [4.69, 9.17) is 14.8 Å². The standard InChI is InChI=1S/C29H31F2N3O5/c1-39-26-21(30)15-20(16-22(26)31)24-28(38)34(29(33-24)12-3-2-4-13-29)25(17-5-6-17)18-7-9-19(10-8-18)27(37)32-14-11-23(35)36/h7-10,15-17,25H,2-6,11-14H2,1H3,(H,32,37)(H,35,36). The maximum atomic E-state index is 14.6. The first-order valence-corrected chi connectivity index (χ1v) is 13.3. The maximum Gasteiger partial charge on any atom is 0.305 e. The Morgan fingerprint density at radius 3 is 2.33 bits per heavy atom. The lowest BCUT2D eigenvalue weighted by Gasteiger charge is -2.44. The van der Waals surface area contributed by atoms with Crippen molar-refractivity contribution in [3.05, 3.63) is 64.7 Å². The Morgan fingerprint density at radius 2 is 1.77 bits per heavy atom. The smallest absolute Gasteiger partial charge is 0.305 e. The molecule has 2 saturated carbocycles. The van der Waals surface area contributed by atoms with Crippen molar-refractivity contribution in [2.24, 2.45) is 10.9 Å². The molecule has 2 aromatic rings. The van der Waals surface area contributed by atoms with Crippen LogP contribution in [0.3, 0.4) is 0 Å². The Balaban J connectivity index is 1.47. The fourth-order valence-electron chi connectivity index (χ4n) is 5.81. The minimum absolute atomic E-state index is 0.0259. The van der Waals surface area contributed by atoms with Gasteiger partial charge in [0, 0.05) is 17.7 Å². The molecular weight excluding hydrogens is 508 g/mol. The van der Waals surface area contributed by atoms with Gasteiger partial charge in [-0.25, -0.2) is 8.78 Å². The number of halogens is 2. The third-order valence-electron chi connectivity index (χ3n) is 7.81. The molecule has 1 heterocycles. The number of carboxylic acids is 1. The van der Waals surface area contributed by atoms with E-state index in [1.165, 1.54) is 7.11 Å². The van der Waals surface area contributed by atoms with Gasteiger partial charge in [-0.1, -0.05) is 18.6 Å². The van der Waals surface area contributed by atoms with Crippen LogP contribution in [0.25, 0.3) is 0 Å². The van der Waals surface area contributed by atoms with Gasteiger partial charge < -0.3 is 20.1 Å². The van der Waals surface area contributed by atoms with Crippen LogP contribution in [0.15, 0.2) is 41.4 Å². The van der Waals surface area contributed by atoms with E-state index in [2.05, 4.69) is 5.32 Å². The molecule has 1 atom stereocenters. The van der Waals surface area contributed by atoms with Gasteiger partial charge in [0.1, 0.15) is 11.4 Å². The molecule has 2 aromatic carbocycles. The van der Waals surface area contributed by atoms with Gasteiger partial charge in [-0.2, -0.15) is 0 Å². The molecule has 0 aromatic heterocycles. The first-order chi connectivity index (χ1) is 18.7. The van der Waals surface area contributed by atoms with Gasteiger partial charge in [0.05, 0.1) is 19.6 Å². The molecule has 10 heteroatoms. The Bertz CT molecular complexity index is 1290. The summed E-state index contributed by atoms with van der Waals surface area (Å²) in [6.45, 7) is 0.0259. The monoisotopic (exact) mass is 539 g/mol.